The van der Waals surface area contributed by atoms with Crippen LogP contribution in [-0.4, -0.2) is 31.2 Å². The van der Waals surface area contributed by atoms with Gasteiger partial charge in [0.25, 0.3) is 15.9 Å². The number of hydrogen-bond acceptors (Lipinski definition) is 5. The molecule has 0 spiro atoms. The molecule has 9 heteroatoms. The maximum absolute atomic E-state index is 12.7. The average Bonchev–Trinajstić information content (AvgIpc) is 2.74. The summed E-state index contributed by atoms with van der Waals surface area (Å²) in [5.41, 5.74) is 1.07. The lowest BCUT2D eigenvalue weighted by atomic mass is 10.1. The van der Waals surface area contributed by atoms with Crippen molar-refractivity contribution in [1.29, 1.82) is 0 Å². The molecular weight excluding hydrogens is 420 g/mol. The van der Waals surface area contributed by atoms with E-state index in [1.54, 1.807) is 0 Å². The lowest BCUT2D eigenvalue weighted by Gasteiger charge is -2.10. The van der Waals surface area contributed by atoms with E-state index >= 15 is 0 Å². The van der Waals surface area contributed by atoms with Crippen LogP contribution in [0.4, 0.5) is 11.4 Å². The first-order chi connectivity index (χ1) is 14.7. The first-order valence-corrected chi connectivity index (χ1v) is 10.5. The lowest BCUT2D eigenvalue weighted by Crippen LogP contribution is -2.16. The van der Waals surface area contributed by atoms with Gasteiger partial charge in [0.05, 0.1) is 10.5 Å². The van der Waals surface area contributed by atoms with E-state index in [2.05, 4.69) is 10.0 Å². The highest BCUT2D eigenvalue weighted by molar-refractivity contribution is 7.92. The van der Waals surface area contributed by atoms with Crippen molar-refractivity contribution >= 4 is 39.1 Å². The molecule has 0 heterocycles. The van der Waals surface area contributed by atoms with Crippen LogP contribution in [0, 0.1) is 0 Å². The van der Waals surface area contributed by atoms with Gasteiger partial charge in [0.1, 0.15) is 0 Å². The molecule has 0 saturated carbocycles. The van der Waals surface area contributed by atoms with Crippen LogP contribution >= 0.6 is 0 Å². The zero-order chi connectivity index (χ0) is 22.6. The van der Waals surface area contributed by atoms with Crippen molar-refractivity contribution in [3.05, 3.63) is 89.5 Å². The van der Waals surface area contributed by atoms with Gasteiger partial charge < -0.3 is 10.4 Å². The first-order valence-electron chi connectivity index (χ1n) is 9.04. The lowest BCUT2D eigenvalue weighted by molar-refractivity contribution is 0.0696. The molecule has 0 fully saturated rings. The number of anilines is 2. The van der Waals surface area contributed by atoms with Gasteiger partial charge in [-0.3, -0.25) is 14.3 Å². The second kappa shape index (κ2) is 8.80. The molecule has 3 rings (SSSR count). The largest absolute Gasteiger partial charge is 0.478 e. The highest BCUT2D eigenvalue weighted by Crippen LogP contribution is 2.19. The number of amides is 1. The molecule has 8 nitrogen and oxygen atoms in total. The molecule has 3 N–H and O–H groups in total. The Kier molecular flexibility index (Phi) is 6.17. The highest BCUT2D eigenvalue weighted by Gasteiger charge is 2.17. The quantitative estimate of drug-likeness (QED) is 0.483. The molecule has 0 radical (unpaired) electrons. The minimum absolute atomic E-state index is 0.00844. The van der Waals surface area contributed by atoms with Gasteiger partial charge in [0.15, 0.2) is 5.78 Å². The number of benzene rings is 3. The normalized spacial score (nSPS) is 10.9. The predicted octanol–water partition coefficient (Wildman–Crippen LogP) is 3.64. The SMILES string of the molecule is CC(=O)c1ccc(NS(=O)(=O)c2cccc(C(=O)Nc3cccc(C(=O)O)c3)c2)cc1. The minimum Gasteiger partial charge on any atom is -0.478 e. The number of hydrogen-bond donors (Lipinski definition) is 3. The molecule has 31 heavy (non-hydrogen) atoms. The van der Waals surface area contributed by atoms with Crippen LogP contribution in [0.5, 0.6) is 0 Å². The molecular formula is C22H18N2O6S. The number of carbonyl (C=O) groups is 3. The number of carboxylic acids is 1. The van der Waals surface area contributed by atoms with Gasteiger partial charge in [0, 0.05) is 22.5 Å². The van der Waals surface area contributed by atoms with Gasteiger partial charge in [0.2, 0.25) is 0 Å². The summed E-state index contributed by atoms with van der Waals surface area (Å²) in [6.07, 6.45) is 0. The van der Waals surface area contributed by atoms with E-state index < -0.39 is 21.9 Å². The standard InChI is InChI=1S/C22H18N2O6S/c1-14(25)15-8-10-18(11-9-15)24-31(29,30)20-7-3-4-16(13-20)21(26)23-19-6-2-5-17(12-19)22(27)28/h2-13,24H,1H3,(H,23,26)(H,27,28). The second-order valence-corrected chi connectivity index (χ2v) is 8.29. The van der Waals surface area contributed by atoms with Crippen LogP contribution in [0.15, 0.2) is 77.7 Å². The Labute approximate surface area is 178 Å². The topological polar surface area (TPSA) is 130 Å². The van der Waals surface area contributed by atoms with E-state index in [9.17, 15) is 22.8 Å². The van der Waals surface area contributed by atoms with Crippen molar-refractivity contribution in [2.24, 2.45) is 0 Å². The summed E-state index contributed by atoms with van der Waals surface area (Å²) < 4.78 is 27.8. The van der Waals surface area contributed by atoms with Gasteiger partial charge >= 0.3 is 5.97 Å². The summed E-state index contributed by atoms with van der Waals surface area (Å²) in [6.45, 7) is 1.41. The van der Waals surface area contributed by atoms with E-state index in [0.717, 1.165) is 0 Å². The predicted molar refractivity (Wildman–Crippen MR) is 115 cm³/mol. The van der Waals surface area contributed by atoms with E-state index in [1.807, 2.05) is 0 Å². The monoisotopic (exact) mass is 438 g/mol. The fourth-order valence-corrected chi connectivity index (χ4v) is 3.83. The molecule has 0 aromatic heterocycles. The third-order valence-corrected chi connectivity index (χ3v) is 5.70. The molecule has 0 aliphatic heterocycles. The molecule has 0 aliphatic carbocycles. The fraction of sp³-hybridized carbons (Fsp3) is 0.0455. The van der Waals surface area contributed by atoms with Crippen molar-refractivity contribution < 1.29 is 27.9 Å². The number of Topliss-reactive ketones (excluding diaryl/α,β-unsaturated/α-hetero) is 1. The maximum atomic E-state index is 12.7. The summed E-state index contributed by atoms with van der Waals surface area (Å²) in [6, 6.07) is 17.1. The third kappa shape index (κ3) is 5.34. The smallest absolute Gasteiger partial charge is 0.335 e. The number of ketones is 1. The molecule has 0 unspecified atom stereocenters. The van der Waals surface area contributed by atoms with E-state index in [1.165, 1.54) is 79.7 Å². The van der Waals surface area contributed by atoms with Crippen LogP contribution in [0.2, 0.25) is 0 Å². The Morgan fingerprint density at radius 3 is 2.06 bits per heavy atom. The Hall–Kier alpha value is -3.98. The van der Waals surface area contributed by atoms with Crippen molar-refractivity contribution in [3.8, 4) is 0 Å². The summed E-state index contributed by atoms with van der Waals surface area (Å²) in [5.74, 6) is -1.86. The molecule has 3 aromatic rings. The number of aromatic carboxylic acids is 1. The summed E-state index contributed by atoms with van der Waals surface area (Å²) in [4.78, 5) is 34.8. The second-order valence-electron chi connectivity index (χ2n) is 6.61. The van der Waals surface area contributed by atoms with Crippen molar-refractivity contribution in [3.63, 3.8) is 0 Å². The Bertz CT molecular complexity index is 1270. The molecule has 0 saturated heterocycles. The summed E-state index contributed by atoms with van der Waals surface area (Å²) in [7, 11) is -3.99. The molecule has 0 atom stereocenters. The zero-order valence-corrected chi connectivity index (χ0v) is 17.1. The van der Waals surface area contributed by atoms with Gasteiger partial charge in [-0.05, 0) is 67.6 Å². The van der Waals surface area contributed by atoms with Crippen molar-refractivity contribution in [2.75, 3.05) is 10.0 Å². The van der Waals surface area contributed by atoms with Crippen LogP contribution < -0.4 is 10.0 Å². The van der Waals surface area contributed by atoms with Crippen molar-refractivity contribution in [2.45, 2.75) is 11.8 Å². The van der Waals surface area contributed by atoms with Crippen LogP contribution in [0.25, 0.3) is 0 Å². The number of carboxylic acid groups (broad SMARTS) is 1. The Morgan fingerprint density at radius 2 is 1.42 bits per heavy atom. The van der Waals surface area contributed by atoms with Gasteiger partial charge in [-0.1, -0.05) is 12.1 Å². The van der Waals surface area contributed by atoms with E-state index in [4.69, 9.17) is 5.11 Å². The van der Waals surface area contributed by atoms with Crippen LogP contribution in [0.1, 0.15) is 38.0 Å². The number of rotatable bonds is 7. The Morgan fingerprint density at radius 1 is 0.774 bits per heavy atom. The van der Waals surface area contributed by atoms with Crippen LogP contribution in [-0.2, 0) is 10.0 Å². The maximum Gasteiger partial charge on any atom is 0.335 e. The third-order valence-electron chi connectivity index (χ3n) is 4.32. The minimum atomic E-state index is -3.99. The van der Waals surface area contributed by atoms with E-state index in [0.29, 0.717) is 5.56 Å². The number of sulfonamides is 1. The highest BCUT2D eigenvalue weighted by atomic mass is 32.2. The molecule has 0 aliphatic rings. The van der Waals surface area contributed by atoms with Gasteiger partial charge in [-0.25, -0.2) is 13.2 Å². The summed E-state index contributed by atoms with van der Waals surface area (Å²) >= 11 is 0. The molecule has 158 valence electrons. The fourth-order valence-electron chi connectivity index (χ4n) is 2.72. The van der Waals surface area contributed by atoms with Crippen LogP contribution in [0.3, 0.4) is 0 Å². The van der Waals surface area contributed by atoms with Gasteiger partial charge in [-0.15, -0.1) is 0 Å². The van der Waals surface area contributed by atoms with Gasteiger partial charge in [-0.2, -0.15) is 0 Å². The average molecular weight is 438 g/mol. The zero-order valence-electron chi connectivity index (χ0n) is 16.3. The molecule has 3 aromatic carbocycles. The first kappa shape index (κ1) is 21.7. The van der Waals surface area contributed by atoms with E-state index in [-0.39, 0.29) is 33.2 Å². The number of nitrogens with one attached hydrogen (secondary N) is 2. The Balaban J connectivity index is 1.79. The summed E-state index contributed by atoms with van der Waals surface area (Å²) in [5, 5.41) is 11.6. The van der Waals surface area contributed by atoms with Crippen molar-refractivity contribution in [1.82, 2.24) is 0 Å². The molecule has 1 amide bonds. The number of carbonyl (C=O) groups excluding carboxylic acids is 2. The molecule has 0 bridgehead atoms.